The first kappa shape index (κ1) is 20.8. The number of nitrogens with zero attached hydrogens (tertiary/aromatic N) is 3. The first-order valence-electron chi connectivity index (χ1n) is 9.62. The number of morpholine rings is 1. The maximum atomic E-state index is 12.7. The van der Waals surface area contributed by atoms with Crippen molar-refractivity contribution in [3.05, 3.63) is 64.2 Å². The Labute approximate surface area is 170 Å². The lowest BCUT2D eigenvalue weighted by Gasteiger charge is -2.32. The summed E-state index contributed by atoms with van der Waals surface area (Å²) >= 11 is 0. The van der Waals surface area contributed by atoms with Crippen molar-refractivity contribution < 1.29 is 14.5 Å². The van der Waals surface area contributed by atoms with E-state index < -0.39 is 11.0 Å². The summed E-state index contributed by atoms with van der Waals surface area (Å²) in [5.74, 6) is -0.211. The predicted molar refractivity (Wildman–Crippen MR) is 112 cm³/mol. The van der Waals surface area contributed by atoms with Crippen LogP contribution in [0.1, 0.15) is 12.5 Å². The molecule has 2 aromatic carbocycles. The van der Waals surface area contributed by atoms with E-state index in [1.807, 2.05) is 31.0 Å². The zero-order valence-electron chi connectivity index (χ0n) is 16.7. The molecule has 1 unspecified atom stereocenters. The van der Waals surface area contributed by atoms with Gasteiger partial charge in [-0.05, 0) is 31.7 Å². The number of amides is 1. The monoisotopic (exact) mass is 398 g/mol. The van der Waals surface area contributed by atoms with Crippen molar-refractivity contribution >= 4 is 23.0 Å². The van der Waals surface area contributed by atoms with Gasteiger partial charge in [-0.1, -0.05) is 24.3 Å². The van der Waals surface area contributed by atoms with Gasteiger partial charge >= 0.3 is 0 Å². The molecule has 1 atom stereocenters. The molecule has 1 heterocycles. The number of hydrogen-bond donors (Lipinski definition) is 1. The minimum atomic E-state index is -0.478. The topological polar surface area (TPSA) is 87.9 Å². The lowest BCUT2D eigenvalue weighted by molar-refractivity contribution is -0.384. The van der Waals surface area contributed by atoms with E-state index >= 15 is 0 Å². The second-order valence-corrected chi connectivity index (χ2v) is 7.12. The molecule has 0 aromatic heterocycles. The molecule has 1 fully saturated rings. The van der Waals surface area contributed by atoms with Crippen molar-refractivity contribution in [1.29, 1.82) is 0 Å². The number of nitro groups is 1. The van der Waals surface area contributed by atoms with Crippen molar-refractivity contribution in [3.8, 4) is 0 Å². The quantitative estimate of drug-likeness (QED) is 0.570. The summed E-state index contributed by atoms with van der Waals surface area (Å²) in [5, 5.41) is 13.7. The van der Waals surface area contributed by atoms with Crippen LogP contribution in [0.3, 0.4) is 0 Å². The highest BCUT2D eigenvalue weighted by Gasteiger charge is 2.21. The minimum Gasteiger partial charge on any atom is -0.378 e. The van der Waals surface area contributed by atoms with E-state index in [0.717, 1.165) is 24.3 Å². The maximum absolute atomic E-state index is 12.7. The van der Waals surface area contributed by atoms with Crippen LogP contribution in [0.15, 0.2) is 48.5 Å². The van der Waals surface area contributed by atoms with Crippen LogP contribution in [0, 0.1) is 10.1 Å². The highest BCUT2D eigenvalue weighted by molar-refractivity contribution is 5.94. The average molecular weight is 398 g/mol. The van der Waals surface area contributed by atoms with Gasteiger partial charge in [-0.25, -0.2) is 0 Å². The standard InChI is InChI=1S/C21H26N4O4/c1-16(21(26)22-18-7-5-8-19(14-18)25(27)28)23(2)15-17-6-3-4-9-20(17)24-10-12-29-13-11-24/h3-9,14,16H,10-13,15H2,1-2H3,(H,22,26). The number of anilines is 2. The normalized spacial score (nSPS) is 15.2. The molecular weight excluding hydrogens is 372 g/mol. The number of carbonyl (C=O) groups excluding carboxylic acids is 1. The molecule has 8 heteroatoms. The van der Waals surface area contributed by atoms with Crippen LogP contribution in [0.4, 0.5) is 17.1 Å². The summed E-state index contributed by atoms with van der Waals surface area (Å²) in [6.07, 6.45) is 0. The molecule has 1 N–H and O–H groups in total. The third kappa shape index (κ3) is 5.30. The molecule has 1 amide bonds. The Morgan fingerprint density at radius 2 is 1.97 bits per heavy atom. The fraction of sp³-hybridized carbons (Fsp3) is 0.381. The third-order valence-electron chi connectivity index (χ3n) is 5.13. The number of hydrogen-bond acceptors (Lipinski definition) is 6. The van der Waals surface area contributed by atoms with E-state index in [0.29, 0.717) is 25.4 Å². The smallest absolute Gasteiger partial charge is 0.271 e. The van der Waals surface area contributed by atoms with Gasteiger partial charge in [0.15, 0.2) is 0 Å². The molecule has 154 valence electrons. The van der Waals surface area contributed by atoms with Gasteiger partial charge in [0.1, 0.15) is 0 Å². The number of nitro benzene ring substituents is 1. The molecule has 1 saturated heterocycles. The van der Waals surface area contributed by atoms with Crippen LogP contribution >= 0.6 is 0 Å². The van der Waals surface area contributed by atoms with E-state index in [9.17, 15) is 14.9 Å². The number of ether oxygens (including phenoxy) is 1. The summed E-state index contributed by atoms with van der Waals surface area (Å²) in [5.41, 5.74) is 2.67. The van der Waals surface area contributed by atoms with Gasteiger partial charge in [-0.2, -0.15) is 0 Å². The first-order chi connectivity index (χ1) is 14.0. The fourth-order valence-corrected chi connectivity index (χ4v) is 3.31. The Hall–Kier alpha value is -2.97. The zero-order chi connectivity index (χ0) is 20.8. The highest BCUT2D eigenvalue weighted by atomic mass is 16.6. The van der Waals surface area contributed by atoms with Gasteiger partial charge in [0.05, 0.1) is 24.2 Å². The summed E-state index contributed by atoms with van der Waals surface area (Å²) in [6.45, 7) is 5.56. The number of carbonyl (C=O) groups is 1. The van der Waals surface area contributed by atoms with Crippen LogP contribution < -0.4 is 10.2 Å². The summed E-state index contributed by atoms with van der Waals surface area (Å²) in [4.78, 5) is 27.4. The molecule has 0 aliphatic carbocycles. The number of benzene rings is 2. The van der Waals surface area contributed by atoms with Crippen LogP contribution in [-0.4, -0.2) is 55.1 Å². The molecule has 1 aliphatic rings. The van der Waals surface area contributed by atoms with Crippen molar-refractivity contribution in [2.24, 2.45) is 0 Å². The number of para-hydroxylation sites is 1. The minimum absolute atomic E-state index is 0.0525. The Balaban J connectivity index is 1.66. The van der Waals surface area contributed by atoms with Crippen LogP contribution in [0.2, 0.25) is 0 Å². The first-order valence-corrected chi connectivity index (χ1v) is 9.62. The second kappa shape index (κ2) is 9.49. The van der Waals surface area contributed by atoms with E-state index in [4.69, 9.17) is 4.74 Å². The van der Waals surface area contributed by atoms with Gasteiger partial charge in [-0.15, -0.1) is 0 Å². The second-order valence-electron chi connectivity index (χ2n) is 7.12. The molecule has 1 aliphatic heterocycles. The van der Waals surface area contributed by atoms with E-state index in [1.165, 1.54) is 12.1 Å². The third-order valence-corrected chi connectivity index (χ3v) is 5.13. The molecule has 8 nitrogen and oxygen atoms in total. The maximum Gasteiger partial charge on any atom is 0.271 e. The van der Waals surface area contributed by atoms with Crippen LogP contribution in [0.25, 0.3) is 0 Å². The summed E-state index contributed by atoms with van der Waals surface area (Å²) in [6, 6.07) is 13.7. The van der Waals surface area contributed by atoms with Gasteiger partial charge < -0.3 is 15.0 Å². The Bertz CT molecular complexity index is 867. The largest absolute Gasteiger partial charge is 0.378 e. The number of rotatable bonds is 7. The van der Waals surface area contributed by atoms with Crippen molar-refractivity contribution in [1.82, 2.24) is 4.90 Å². The van der Waals surface area contributed by atoms with E-state index in [-0.39, 0.29) is 11.6 Å². The van der Waals surface area contributed by atoms with Gasteiger partial charge in [0.25, 0.3) is 5.69 Å². The Kier molecular flexibility index (Phi) is 6.79. The highest BCUT2D eigenvalue weighted by Crippen LogP contribution is 2.23. The van der Waals surface area contributed by atoms with Gasteiger partial charge in [-0.3, -0.25) is 19.8 Å². The molecule has 3 rings (SSSR count). The molecular formula is C21H26N4O4. The lowest BCUT2D eigenvalue weighted by Crippen LogP contribution is -2.40. The van der Waals surface area contributed by atoms with Gasteiger partial charge in [0, 0.05) is 43.1 Å². The molecule has 29 heavy (non-hydrogen) atoms. The van der Waals surface area contributed by atoms with Crippen LogP contribution in [0.5, 0.6) is 0 Å². The average Bonchev–Trinajstić information content (AvgIpc) is 2.74. The van der Waals surface area contributed by atoms with E-state index in [2.05, 4.69) is 22.3 Å². The molecule has 0 bridgehead atoms. The zero-order valence-corrected chi connectivity index (χ0v) is 16.7. The Morgan fingerprint density at radius 1 is 1.24 bits per heavy atom. The molecule has 0 spiro atoms. The fourth-order valence-electron chi connectivity index (χ4n) is 3.31. The lowest BCUT2D eigenvalue weighted by atomic mass is 10.1. The number of non-ortho nitro benzene ring substituents is 1. The van der Waals surface area contributed by atoms with Gasteiger partial charge in [0.2, 0.25) is 5.91 Å². The SMILES string of the molecule is CC(C(=O)Nc1cccc([N+](=O)[O-])c1)N(C)Cc1ccccc1N1CCOCC1. The molecule has 0 saturated carbocycles. The van der Waals surface area contributed by atoms with Crippen molar-refractivity contribution in [2.45, 2.75) is 19.5 Å². The molecule has 2 aromatic rings. The summed E-state index contributed by atoms with van der Waals surface area (Å²) < 4.78 is 5.44. The van der Waals surface area contributed by atoms with Crippen molar-refractivity contribution in [2.75, 3.05) is 43.6 Å². The Morgan fingerprint density at radius 3 is 2.69 bits per heavy atom. The van der Waals surface area contributed by atoms with E-state index in [1.54, 1.807) is 12.1 Å². The molecule has 0 radical (unpaired) electrons. The van der Waals surface area contributed by atoms with Crippen molar-refractivity contribution in [3.63, 3.8) is 0 Å². The number of nitrogens with one attached hydrogen (secondary N) is 1. The summed E-state index contributed by atoms with van der Waals surface area (Å²) in [7, 11) is 1.90. The predicted octanol–water partition coefficient (Wildman–Crippen LogP) is 2.89. The number of likely N-dealkylation sites (N-methyl/N-ethyl adjacent to an activating group) is 1. The van der Waals surface area contributed by atoms with Crippen LogP contribution in [-0.2, 0) is 16.1 Å².